The number of ether oxygens (including phenoxy) is 1. The van der Waals surface area contributed by atoms with Crippen LogP contribution in [0.3, 0.4) is 0 Å². The van der Waals surface area contributed by atoms with Crippen LogP contribution in [0.2, 0.25) is 0 Å². The standard InChI is InChI=1S/C6H13NO2/c1-5(7)6(2-8)3-9-4-6/h5,8H,2-4,7H2,1H3. The Morgan fingerprint density at radius 1 is 1.78 bits per heavy atom. The first-order valence-electron chi connectivity index (χ1n) is 3.15. The molecule has 9 heavy (non-hydrogen) atoms. The summed E-state index contributed by atoms with van der Waals surface area (Å²) in [6.07, 6.45) is 0. The Kier molecular flexibility index (Phi) is 1.75. The van der Waals surface area contributed by atoms with Crippen molar-refractivity contribution in [3.8, 4) is 0 Å². The lowest BCUT2D eigenvalue weighted by Crippen LogP contribution is -2.56. The van der Waals surface area contributed by atoms with Crippen LogP contribution in [-0.2, 0) is 4.74 Å². The molecule has 1 aliphatic rings. The Hall–Kier alpha value is -0.120. The molecule has 1 rings (SSSR count). The molecule has 0 spiro atoms. The van der Waals surface area contributed by atoms with Crippen LogP contribution in [-0.4, -0.2) is 31.0 Å². The molecule has 0 amide bonds. The number of aliphatic hydroxyl groups is 1. The molecule has 3 nitrogen and oxygen atoms in total. The van der Waals surface area contributed by atoms with Crippen LogP contribution in [0, 0.1) is 5.41 Å². The SMILES string of the molecule is CC(N)C1(CO)COC1. The maximum Gasteiger partial charge on any atom is 0.0581 e. The maximum atomic E-state index is 8.85. The van der Waals surface area contributed by atoms with Gasteiger partial charge >= 0.3 is 0 Å². The Morgan fingerprint density at radius 2 is 2.33 bits per heavy atom. The summed E-state index contributed by atoms with van der Waals surface area (Å²) in [4.78, 5) is 0. The molecule has 3 N–H and O–H groups in total. The Balaban J connectivity index is 2.46. The highest BCUT2D eigenvalue weighted by Crippen LogP contribution is 2.29. The second-order valence-corrected chi connectivity index (χ2v) is 2.80. The molecule has 0 radical (unpaired) electrons. The van der Waals surface area contributed by atoms with Gasteiger partial charge in [0, 0.05) is 6.04 Å². The second-order valence-electron chi connectivity index (χ2n) is 2.80. The Bertz CT molecular complexity index is 93.7. The van der Waals surface area contributed by atoms with Gasteiger partial charge in [0.15, 0.2) is 0 Å². The summed E-state index contributed by atoms with van der Waals surface area (Å²) in [5.74, 6) is 0. The minimum Gasteiger partial charge on any atom is -0.396 e. The zero-order valence-corrected chi connectivity index (χ0v) is 5.63. The van der Waals surface area contributed by atoms with Crippen molar-refractivity contribution >= 4 is 0 Å². The van der Waals surface area contributed by atoms with E-state index in [0.29, 0.717) is 13.2 Å². The van der Waals surface area contributed by atoms with Gasteiger partial charge in [0.25, 0.3) is 0 Å². The van der Waals surface area contributed by atoms with Crippen LogP contribution in [0.15, 0.2) is 0 Å². The highest BCUT2D eigenvalue weighted by atomic mass is 16.5. The summed E-state index contributed by atoms with van der Waals surface area (Å²) >= 11 is 0. The van der Waals surface area contributed by atoms with E-state index in [1.165, 1.54) is 0 Å². The number of rotatable bonds is 2. The fourth-order valence-electron chi connectivity index (χ4n) is 0.862. The highest BCUT2D eigenvalue weighted by Gasteiger charge is 2.41. The fourth-order valence-corrected chi connectivity index (χ4v) is 0.862. The molecule has 1 atom stereocenters. The van der Waals surface area contributed by atoms with Gasteiger partial charge in [-0.15, -0.1) is 0 Å². The van der Waals surface area contributed by atoms with Crippen molar-refractivity contribution in [1.29, 1.82) is 0 Å². The Morgan fingerprint density at radius 3 is 2.33 bits per heavy atom. The minimum atomic E-state index is -0.125. The van der Waals surface area contributed by atoms with Gasteiger partial charge in [-0.25, -0.2) is 0 Å². The molecule has 0 saturated carbocycles. The molecular weight excluding hydrogens is 118 g/mol. The van der Waals surface area contributed by atoms with Crippen LogP contribution in [0.1, 0.15) is 6.92 Å². The zero-order chi connectivity index (χ0) is 6.91. The average molecular weight is 131 g/mol. The maximum absolute atomic E-state index is 8.85. The summed E-state index contributed by atoms with van der Waals surface area (Å²) in [5.41, 5.74) is 5.48. The normalized spacial score (nSPS) is 27.0. The quantitative estimate of drug-likeness (QED) is 0.523. The van der Waals surface area contributed by atoms with E-state index in [9.17, 15) is 0 Å². The van der Waals surface area contributed by atoms with E-state index in [1.807, 2.05) is 6.92 Å². The topological polar surface area (TPSA) is 55.5 Å². The minimum absolute atomic E-state index is 0.0382. The molecule has 1 unspecified atom stereocenters. The van der Waals surface area contributed by atoms with E-state index < -0.39 is 0 Å². The number of hydrogen-bond donors (Lipinski definition) is 2. The summed E-state index contributed by atoms with van der Waals surface area (Å²) in [6.45, 7) is 3.27. The van der Waals surface area contributed by atoms with Crippen LogP contribution in [0.25, 0.3) is 0 Å². The third kappa shape index (κ3) is 0.956. The van der Waals surface area contributed by atoms with E-state index >= 15 is 0 Å². The van der Waals surface area contributed by atoms with E-state index in [1.54, 1.807) is 0 Å². The largest absolute Gasteiger partial charge is 0.396 e. The lowest BCUT2D eigenvalue weighted by molar-refractivity contribution is -0.146. The first kappa shape index (κ1) is 6.99. The summed E-state index contributed by atoms with van der Waals surface area (Å²) in [7, 11) is 0. The van der Waals surface area contributed by atoms with Crippen molar-refractivity contribution in [2.24, 2.45) is 11.1 Å². The van der Waals surface area contributed by atoms with Gasteiger partial charge in [0.2, 0.25) is 0 Å². The molecule has 1 heterocycles. The Labute approximate surface area is 54.8 Å². The highest BCUT2D eigenvalue weighted by molar-refractivity contribution is 4.91. The molecule has 0 aliphatic carbocycles. The number of hydrogen-bond acceptors (Lipinski definition) is 3. The van der Waals surface area contributed by atoms with Crippen LogP contribution >= 0.6 is 0 Å². The van der Waals surface area contributed by atoms with Gasteiger partial charge in [0.05, 0.1) is 25.2 Å². The van der Waals surface area contributed by atoms with Crippen molar-refractivity contribution in [3.63, 3.8) is 0 Å². The average Bonchev–Trinajstić information content (AvgIpc) is 1.62. The lowest BCUT2D eigenvalue weighted by Gasteiger charge is -2.42. The predicted molar refractivity (Wildman–Crippen MR) is 34.0 cm³/mol. The predicted octanol–water partition coefficient (Wildman–Crippen LogP) is -0.658. The van der Waals surface area contributed by atoms with Gasteiger partial charge in [-0.2, -0.15) is 0 Å². The number of aliphatic hydroxyl groups excluding tert-OH is 1. The first-order valence-corrected chi connectivity index (χ1v) is 3.15. The van der Waals surface area contributed by atoms with Crippen molar-refractivity contribution in [2.45, 2.75) is 13.0 Å². The van der Waals surface area contributed by atoms with Crippen LogP contribution in [0.4, 0.5) is 0 Å². The van der Waals surface area contributed by atoms with E-state index in [-0.39, 0.29) is 18.1 Å². The third-order valence-electron chi connectivity index (χ3n) is 2.06. The van der Waals surface area contributed by atoms with Gasteiger partial charge in [0.1, 0.15) is 0 Å². The van der Waals surface area contributed by atoms with Gasteiger partial charge in [-0.3, -0.25) is 0 Å². The van der Waals surface area contributed by atoms with E-state index in [2.05, 4.69) is 0 Å². The monoisotopic (exact) mass is 131 g/mol. The molecule has 1 saturated heterocycles. The van der Waals surface area contributed by atoms with Crippen molar-refractivity contribution in [3.05, 3.63) is 0 Å². The molecule has 3 heteroatoms. The molecule has 0 aromatic rings. The summed E-state index contributed by atoms with van der Waals surface area (Å²) < 4.78 is 4.95. The fraction of sp³-hybridized carbons (Fsp3) is 1.00. The van der Waals surface area contributed by atoms with E-state index in [0.717, 1.165) is 0 Å². The molecule has 0 aromatic carbocycles. The molecule has 1 fully saturated rings. The van der Waals surface area contributed by atoms with Gasteiger partial charge in [-0.1, -0.05) is 0 Å². The van der Waals surface area contributed by atoms with Crippen LogP contribution in [0.5, 0.6) is 0 Å². The van der Waals surface area contributed by atoms with Gasteiger partial charge in [-0.05, 0) is 6.92 Å². The molecule has 54 valence electrons. The molecule has 0 bridgehead atoms. The second kappa shape index (κ2) is 2.25. The van der Waals surface area contributed by atoms with Crippen LogP contribution < -0.4 is 5.73 Å². The van der Waals surface area contributed by atoms with E-state index in [4.69, 9.17) is 15.6 Å². The molecule has 0 aromatic heterocycles. The number of nitrogens with two attached hydrogens (primary N) is 1. The smallest absolute Gasteiger partial charge is 0.0581 e. The molecular formula is C6H13NO2. The van der Waals surface area contributed by atoms with Crippen molar-refractivity contribution in [2.75, 3.05) is 19.8 Å². The lowest BCUT2D eigenvalue weighted by atomic mass is 9.80. The third-order valence-corrected chi connectivity index (χ3v) is 2.06. The van der Waals surface area contributed by atoms with Crippen molar-refractivity contribution in [1.82, 2.24) is 0 Å². The van der Waals surface area contributed by atoms with Gasteiger partial charge < -0.3 is 15.6 Å². The summed E-state index contributed by atoms with van der Waals surface area (Å²) in [5, 5.41) is 8.85. The first-order chi connectivity index (χ1) is 4.21. The zero-order valence-electron chi connectivity index (χ0n) is 5.63. The van der Waals surface area contributed by atoms with Crippen molar-refractivity contribution < 1.29 is 9.84 Å². The summed E-state index contributed by atoms with van der Waals surface area (Å²) in [6, 6.07) is 0.0382. The molecule has 1 aliphatic heterocycles.